The molecule has 0 atom stereocenters. The van der Waals surface area contributed by atoms with Crippen molar-refractivity contribution < 1.29 is 4.74 Å². The van der Waals surface area contributed by atoms with Crippen molar-refractivity contribution in [2.24, 2.45) is 0 Å². The van der Waals surface area contributed by atoms with E-state index in [0.717, 1.165) is 43.1 Å². The van der Waals surface area contributed by atoms with Gasteiger partial charge in [-0.1, -0.05) is 12.1 Å². The molecule has 5 rings (SSSR count). The first-order valence-corrected chi connectivity index (χ1v) is 9.92. The summed E-state index contributed by atoms with van der Waals surface area (Å²) < 4.78 is 8.70. The van der Waals surface area contributed by atoms with Gasteiger partial charge in [0.2, 0.25) is 0 Å². The molecule has 0 bridgehead atoms. The zero-order valence-electron chi connectivity index (χ0n) is 16.1. The van der Waals surface area contributed by atoms with E-state index < -0.39 is 0 Å². The van der Waals surface area contributed by atoms with Crippen molar-refractivity contribution in [3.8, 4) is 5.75 Å². The maximum atomic E-state index is 5.97. The third-order valence-corrected chi connectivity index (χ3v) is 6.12. The van der Waals surface area contributed by atoms with Gasteiger partial charge in [0, 0.05) is 11.1 Å². The Kier molecular flexibility index (Phi) is 3.80. The Bertz CT molecular complexity index is 1370. The van der Waals surface area contributed by atoms with Crippen LogP contribution in [-0.4, -0.2) is 24.6 Å². The van der Waals surface area contributed by atoms with E-state index in [-0.39, 0.29) is 0 Å². The third kappa shape index (κ3) is 2.62. The van der Waals surface area contributed by atoms with Crippen molar-refractivity contribution in [2.75, 3.05) is 0 Å². The summed E-state index contributed by atoms with van der Waals surface area (Å²) in [5.41, 5.74) is 6.27. The second kappa shape index (κ2) is 6.24. The van der Waals surface area contributed by atoms with Crippen molar-refractivity contribution >= 4 is 37.4 Å². The number of hydrogen-bond acceptors (Lipinski definition) is 6. The number of fused-ring (bicyclic) bond motifs is 5. The molecule has 0 amide bonds. The van der Waals surface area contributed by atoms with Gasteiger partial charge in [-0.3, -0.25) is 0 Å². The fourth-order valence-electron chi connectivity index (χ4n) is 3.50. The fourth-order valence-corrected chi connectivity index (χ4v) is 4.72. The van der Waals surface area contributed by atoms with E-state index in [1.54, 1.807) is 22.2 Å². The predicted octanol–water partition coefficient (Wildman–Crippen LogP) is 4.70. The highest BCUT2D eigenvalue weighted by Gasteiger charge is 2.16. The van der Waals surface area contributed by atoms with E-state index in [0.29, 0.717) is 12.4 Å². The lowest BCUT2D eigenvalue weighted by Crippen LogP contribution is -2.00. The lowest BCUT2D eigenvalue weighted by Gasteiger charge is -2.08. The highest BCUT2D eigenvalue weighted by Crippen LogP contribution is 2.35. The zero-order chi connectivity index (χ0) is 19.4. The predicted molar refractivity (Wildman–Crippen MR) is 111 cm³/mol. The Balaban J connectivity index is 1.58. The van der Waals surface area contributed by atoms with E-state index in [4.69, 9.17) is 9.72 Å². The van der Waals surface area contributed by atoms with Crippen LogP contribution in [0.25, 0.3) is 26.1 Å². The number of nitrogens with zero attached hydrogens (tertiary/aromatic N) is 5. The number of ether oxygens (including phenoxy) is 1. The monoisotopic (exact) mass is 389 g/mol. The van der Waals surface area contributed by atoms with Gasteiger partial charge in [-0.05, 0) is 56.5 Å². The molecule has 0 aliphatic heterocycles. The molecule has 7 heteroatoms. The van der Waals surface area contributed by atoms with Crippen LogP contribution >= 0.6 is 11.3 Å². The molecule has 0 N–H and O–H groups in total. The lowest BCUT2D eigenvalue weighted by atomic mass is 10.1. The molecule has 0 aliphatic rings. The number of hydrogen-bond donors (Lipinski definition) is 0. The fraction of sp³-hybridized carbons (Fsp3) is 0.238. The quantitative estimate of drug-likeness (QED) is 0.447. The maximum absolute atomic E-state index is 5.97. The summed E-state index contributed by atoms with van der Waals surface area (Å²) in [7, 11) is 0. The smallest absolute Gasteiger partial charge is 0.189 e. The Morgan fingerprint density at radius 3 is 2.79 bits per heavy atom. The molecule has 28 heavy (non-hydrogen) atoms. The molecule has 0 radical (unpaired) electrons. The van der Waals surface area contributed by atoms with E-state index in [9.17, 15) is 0 Å². The molecular formula is C21H19N5OS. The number of aromatic nitrogens is 5. The SMILES string of the molecule is Cc1cc(C)c2c(n1)sc1c2ncn2nc(COc3cccc(C)c3C)nc12. The Morgan fingerprint density at radius 2 is 1.93 bits per heavy atom. The van der Waals surface area contributed by atoms with Gasteiger partial charge in [-0.25, -0.2) is 19.5 Å². The molecule has 6 nitrogen and oxygen atoms in total. The van der Waals surface area contributed by atoms with Crippen molar-refractivity contribution in [2.45, 2.75) is 34.3 Å². The Labute approximate surface area is 165 Å². The Hall–Kier alpha value is -3.06. The van der Waals surface area contributed by atoms with Crippen LogP contribution in [-0.2, 0) is 6.61 Å². The van der Waals surface area contributed by atoms with Crippen LogP contribution in [0.3, 0.4) is 0 Å². The molecule has 0 unspecified atom stereocenters. The normalized spacial score (nSPS) is 11.7. The molecule has 1 aromatic carbocycles. The molecule has 0 spiro atoms. The lowest BCUT2D eigenvalue weighted by molar-refractivity contribution is 0.294. The highest BCUT2D eigenvalue weighted by molar-refractivity contribution is 7.26. The highest BCUT2D eigenvalue weighted by atomic mass is 32.1. The van der Waals surface area contributed by atoms with Gasteiger partial charge < -0.3 is 4.74 Å². The van der Waals surface area contributed by atoms with Crippen LogP contribution in [0.5, 0.6) is 5.75 Å². The minimum Gasteiger partial charge on any atom is -0.485 e. The van der Waals surface area contributed by atoms with Gasteiger partial charge >= 0.3 is 0 Å². The van der Waals surface area contributed by atoms with Crippen LogP contribution in [0.2, 0.25) is 0 Å². The zero-order valence-corrected chi connectivity index (χ0v) is 17.0. The minimum atomic E-state index is 0.314. The summed E-state index contributed by atoms with van der Waals surface area (Å²) in [4.78, 5) is 15.0. The van der Waals surface area contributed by atoms with Crippen LogP contribution in [0.1, 0.15) is 28.2 Å². The summed E-state index contributed by atoms with van der Waals surface area (Å²) in [6.07, 6.45) is 1.72. The first-order valence-electron chi connectivity index (χ1n) is 9.11. The summed E-state index contributed by atoms with van der Waals surface area (Å²) in [5, 5.41) is 5.65. The second-order valence-electron chi connectivity index (χ2n) is 7.07. The first kappa shape index (κ1) is 17.1. The molecule has 140 valence electrons. The van der Waals surface area contributed by atoms with Gasteiger partial charge in [-0.2, -0.15) is 0 Å². The summed E-state index contributed by atoms with van der Waals surface area (Å²) in [5.74, 6) is 1.49. The maximum Gasteiger partial charge on any atom is 0.189 e. The topological polar surface area (TPSA) is 65.2 Å². The van der Waals surface area contributed by atoms with Crippen LogP contribution in [0.15, 0.2) is 30.6 Å². The molecule has 4 heterocycles. The van der Waals surface area contributed by atoms with Gasteiger partial charge in [-0.15, -0.1) is 16.4 Å². The van der Waals surface area contributed by atoms with Crippen molar-refractivity contribution in [1.29, 1.82) is 0 Å². The first-order chi connectivity index (χ1) is 13.5. The molecule has 4 aromatic heterocycles. The van der Waals surface area contributed by atoms with Crippen LogP contribution in [0, 0.1) is 27.7 Å². The van der Waals surface area contributed by atoms with Crippen LogP contribution in [0.4, 0.5) is 0 Å². The van der Waals surface area contributed by atoms with Gasteiger partial charge in [0.1, 0.15) is 28.2 Å². The number of benzene rings is 1. The molecule has 0 aliphatic carbocycles. The van der Waals surface area contributed by atoms with Gasteiger partial charge in [0.25, 0.3) is 0 Å². The second-order valence-corrected chi connectivity index (χ2v) is 8.07. The molecule has 0 fully saturated rings. The minimum absolute atomic E-state index is 0.314. The van der Waals surface area contributed by atoms with Gasteiger partial charge in [0.15, 0.2) is 11.5 Å². The average Bonchev–Trinajstić information content (AvgIpc) is 3.23. The van der Waals surface area contributed by atoms with E-state index in [1.165, 1.54) is 11.1 Å². The van der Waals surface area contributed by atoms with Crippen LogP contribution < -0.4 is 4.74 Å². The van der Waals surface area contributed by atoms with Crippen molar-refractivity contribution in [3.05, 3.63) is 58.8 Å². The van der Waals surface area contributed by atoms with Crippen molar-refractivity contribution in [1.82, 2.24) is 24.6 Å². The largest absolute Gasteiger partial charge is 0.485 e. The molecular weight excluding hydrogens is 370 g/mol. The van der Waals surface area contributed by atoms with Gasteiger partial charge in [0.05, 0.1) is 5.52 Å². The molecule has 0 saturated heterocycles. The van der Waals surface area contributed by atoms with Crippen molar-refractivity contribution in [3.63, 3.8) is 0 Å². The number of pyridine rings is 1. The summed E-state index contributed by atoms with van der Waals surface area (Å²) in [6.45, 7) is 8.56. The third-order valence-electron chi connectivity index (χ3n) is 5.05. The average molecular weight is 389 g/mol. The molecule has 5 aromatic rings. The standard InChI is InChI=1S/C21H19N5OS/c1-11-6-5-7-15(14(11)4)27-9-16-24-20-19-18(22-10-26(20)25-16)17-12(2)8-13(3)23-21(17)28-19/h5-8,10H,9H2,1-4H3. The van der Waals surface area contributed by atoms with E-state index in [2.05, 4.69) is 48.0 Å². The summed E-state index contributed by atoms with van der Waals surface area (Å²) in [6, 6.07) is 8.14. The molecule has 0 saturated carbocycles. The summed E-state index contributed by atoms with van der Waals surface area (Å²) >= 11 is 1.61. The Morgan fingerprint density at radius 1 is 1.07 bits per heavy atom. The number of rotatable bonds is 3. The number of aryl methyl sites for hydroxylation is 3. The van der Waals surface area contributed by atoms with E-state index >= 15 is 0 Å². The number of thiophene rings is 1. The van der Waals surface area contributed by atoms with E-state index in [1.807, 2.05) is 19.1 Å².